The maximum atomic E-state index is 12.7. The number of hydrogen-bond acceptors (Lipinski definition) is 5. The van der Waals surface area contributed by atoms with E-state index in [1.165, 1.54) is 12.1 Å². The van der Waals surface area contributed by atoms with Gasteiger partial charge in [-0.2, -0.15) is 0 Å². The molecule has 27 heavy (non-hydrogen) atoms. The SMILES string of the molecule is NCCCCOc1cccc(S(=O)(=O)NC(CC(=O)O)c2ccccc2)c1. The zero-order chi connectivity index (χ0) is 19.7. The number of carboxylic acids is 1. The Morgan fingerprint density at radius 2 is 1.85 bits per heavy atom. The predicted molar refractivity (Wildman–Crippen MR) is 102 cm³/mol. The van der Waals surface area contributed by atoms with Gasteiger partial charge in [0.15, 0.2) is 0 Å². The normalized spacial score (nSPS) is 12.5. The molecule has 0 saturated heterocycles. The second-order valence-electron chi connectivity index (χ2n) is 6.00. The number of sulfonamides is 1. The van der Waals surface area contributed by atoms with E-state index in [1.54, 1.807) is 42.5 Å². The van der Waals surface area contributed by atoms with E-state index in [4.69, 9.17) is 15.6 Å². The quantitative estimate of drug-likeness (QED) is 0.505. The van der Waals surface area contributed by atoms with Crippen LogP contribution in [0.15, 0.2) is 59.5 Å². The number of carbonyl (C=O) groups is 1. The van der Waals surface area contributed by atoms with E-state index < -0.39 is 22.0 Å². The summed E-state index contributed by atoms with van der Waals surface area (Å²) < 4.78 is 33.5. The molecule has 0 aliphatic rings. The Morgan fingerprint density at radius 3 is 2.52 bits per heavy atom. The molecule has 0 heterocycles. The lowest BCUT2D eigenvalue weighted by Gasteiger charge is -2.18. The lowest BCUT2D eigenvalue weighted by molar-refractivity contribution is -0.137. The summed E-state index contributed by atoms with van der Waals surface area (Å²) in [6, 6.07) is 13.9. The van der Waals surface area contributed by atoms with Crippen molar-refractivity contribution >= 4 is 16.0 Å². The van der Waals surface area contributed by atoms with Gasteiger partial charge in [0.05, 0.1) is 24.0 Å². The fourth-order valence-corrected chi connectivity index (χ4v) is 3.77. The molecule has 0 aliphatic carbocycles. The van der Waals surface area contributed by atoms with Crippen molar-refractivity contribution in [1.29, 1.82) is 0 Å². The number of hydrogen-bond donors (Lipinski definition) is 3. The molecule has 2 rings (SSSR count). The molecule has 0 bridgehead atoms. The molecule has 0 aromatic heterocycles. The Balaban J connectivity index is 2.17. The van der Waals surface area contributed by atoms with Crippen LogP contribution in [-0.4, -0.2) is 32.6 Å². The highest BCUT2D eigenvalue weighted by Crippen LogP contribution is 2.23. The summed E-state index contributed by atoms with van der Waals surface area (Å²) in [5.41, 5.74) is 6.01. The van der Waals surface area contributed by atoms with Crippen LogP contribution in [0.5, 0.6) is 5.75 Å². The smallest absolute Gasteiger partial charge is 0.305 e. The van der Waals surface area contributed by atoms with Crippen LogP contribution in [0.3, 0.4) is 0 Å². The summed E-state index contributed by atoms with van der Waals surface area (Å²) in [6.45, 7) is 1.02. The summed E-state index contributed by atoms with van der Waals surface area (Å²) in [5, 5.41) is 9.13. The van der Waals surface area contributed by atoms with Gasteiger partial charge in [0, 0.05) is 6.07 Å². The van der Waals surface area contributed by atoms with Gasteiger partial charge in [-0.15, -0.1) is 0 Å². The van der Waals surface area contributed by atoms with Crippen LogP contribution in [0, 0.1) is 0 Å². The summed E-state index contributed by atoms with van der Waals surface area (Å²) in [6.07, 6.45) is 1.24. The van der Waals surface area contributed by atoms with E-state index in [0.717, 1.165) is 12.8 Å². The van der Waals surface area contributed by atoms with Crippen LogP contribution in [-0.2, 0) is 14.8 Å². The molecule has 2 aromatic rings. The molecule has 0 saturated carbocycles. The lowest BCUT2D eigenvalue weighted by atomic mass is 10.1. The van der Waals surface area contributed by atoms with Gasteiger partial charge in [0.25, 0.3) is 0 Å². The average Bonchev–Trinajstić information content (AvgIpc) is 2.65. The fraction of sp³-hybridized carbons (Fsp3) is 0.316. The third kappa shape index (κ3) is 6.67. The van der Waals surface area contributed by atoms with E-state index in [1.807, 2.05) is 0 Å². The number of aliphatic carboxylic acids is 1. The molecule has 4 N–H and O–H groups in total. The summed E-state index contributed by atoms with van der Waals surface area (Å²) in [4.78, 5) is 11.2. The first-order chi connectivity index (χ1) is 12.9. The van der Waals surface area contributed by atoms with Crippen LogP contribution in [0.25, 0.3) is 0 Å². The van der Waals surface area contributed by atoms with Crippen molar-refractivity contribution in [1.82, 2.24) is 4.72 Å². The zero-order valence-corrected chi connectivity index (χ0v) is 15.7. The van der Waals surface area contributed by atoms with Gasteiger partial charge in [0.1, 0.15) is 5.75 Å². The van der Waals surface area contributed by atoms with Crippen LogP contribution in [0.1, 0.15) is 30.9 Å². The molecule has 7 nitrogen and oxygen atoms in total. The molecule has 0 spiro atoms. The number of nitrogens with one attached hydrogen (secondary N) is 1. The second-order valence-corrected chi connectivity index (χ2v) is 7.72. The third-order valence-corrected chi connectivity index (χ3v) is 5.33. The van der Waals surface area contributed by atoms with Crippen molar-refractivity contribution in [3.05, 3.63) is 60.2 Å². The van der Waals surface area contributed by atoms with Crippen LogP contribution in [0.4, 0.5) is 0 Å². The maximum absolute atomic E-state index is 12.7. The van der Waals surface area contributed by atoms with Gasteiger partial charge in [-0.05, 0) is 37.1 Å². The predicted octanol–water partition coefficient (Wildman–Crippen LogP) is 2.30. The largest absolute Gasteiger partial charge is 0.494 e. The number of nitrogens with two attached hydrogens (primary N) is 1. The molecule has 0 fully saturated rings. The maximum Gasteiger partial charge on any atom is 0.305 e. The molecular weight excluding hydrogens is 368 g/mol. The molecule has 0 radical (unpaired) electrons. The molecule has 2 aromatic carbocycles. The van der Waals surface area contributed by atoms with E-state index in [0.29, 0.717) is 24.5 Å². The van der Waals surface area contributed by atoms with E-state index >= 15 is 0 Å². The van der Waals surface area contributed by atoms with Crippen molar-refractivity contribution in [2.45, 2.75) is 30.2 Å². The molecule has 1 unspecified atom stereocenters. The van der Waals surface area contributed by atoms with E-state index in [-0.39, 0.29) is 11.3 Å². The Bertz CT molecular complexity index is 840. The highest BCUT2D eigenvalue weighted by molar-refractivity contribution is 7.89. The Hall–Kier alpha value is -2.42. The molecule has 8 heteroatoms. The fourth-order valence-electron chi connectivity index (χ4n) is 2.51. The number of carboxylic acid groups (broad SMARTS) is 1. The molecule has 0 amide bonds. The summed E-state index contributed by atoms with van der Waals surface area (Å²) in [5.74, 6) is -0.659. The van der Waals surface area contributed by atoms with Crippen molar-refractivity contribution in [2.75, 3.05) is 13.2 Å². The highest BCUT2D eigenvalue weighted by Gasteiger charge is 2.24. The van der Waals surface area contributed by atoms with Gasteiger partial charge in [-0.25, -0.2) is 13.1 Å². The highest BCUT2D eigenvalue weighted by atomic mass is 32.2. The topological polar surface area (TPSA) is 119 Å². The minimum absolute atomic E-state index is 0.0187. The number of unbranched alkanes of at least 4 members (excludes halogenated alkanes) is 1. The van der Waals surface area contributed by atoms with Crippen LogP contribution >= 0.6 is 0 Å². The number of ether oxygens (including phenoxy) is 1. The van der Waals surface area contributed by atoms with E-state index in [2.05, 4.69) is 4.72 Å². The van der Waals surface area contributed by atoms with Crippen LogP contribution in [0.2, 0.25) is 0 Å². The third-order valence-electron chi connectivity index (χ3n) is 3.86. The number of rotatable bonds is 11. The Kier molecular flexibility index (Phi) is 7.78. The minimum Gasteiger partial charge on any atom is -0.494 e. The van der Waals surface area contributed by atoms with Gasteiger partial charge in [-0.1, -0.05) is 36.4 Å². The lowest BCUT2D eigenvalue weighted by Crippen LogP contribution is -2.30. The number of benzene rings is 2. The molecular formula is C19H24N2O5S. The summed E-state index contributed by atoms with van der Waals surface area (Å²) in [7, 11) is -3.92. The van der Waals surface area contributed by atoms with Crippen molar-refractivity contribution in [3.8, 4) is 5.75 Å². The molecule has 146 valence electrons. The second kappa shape index (κ2) is 10.1. The van der Waals surface area contributed by atoms with Gasteiger partial charge >= 0.3 is 5.97 Å². The van der Waals surface area contributed by atoms with Crippen LogP contribution < -0.4 is 15.2 Å². The Labute approximate surface area is 159 Å². The zero-order valence-electron chi connectivity index (χ0n) is 14.9. The first-order valence-corrected chi connectivity index (χ1v) is 10.1. The summed E-state index contributed by atoms with van der Waals surface area (Å²) >= 11 is 0. The Morgan fingerprint density at radius 1 is 1.11 bits per heavy atom. The van der Waals surface area contributed by atoms with Crippen molar-refractivity contribution < 1.29 is 23.1 Å². The monoisotopic (exact) mass is 392 g/mol. The standard InChI is InChI=1S/C19H24N2O5S/c20-11-4-5-12-26-16-9-6-10-17(13-16)27(24,25)21-18(14-19(22)23)15-7-2-1-3-8-15/h1-3,6-10,13,18,21H,4-5,11-12,14,20H2,(H,22,23). The average molecular weight is 392 g/mol. The van der Waals surface area contributed by atoms with Crippen molar-refractivity contribution in [2.24, 2.45) is 5.73 Å². The first-order valence-electron chi connectivity index (χ1n) is 8.64. The molecule has 1 atom stereocenters. The minimum atomic E-state index is -3.92. The van der Waals surface area contributed by atoms with Gasteiger partial charge < -0.3 is 15.6 Å². The first kappa shape index (κ1) is 20.9. The molecule has 0 aliphatic heterocycles. The van der Waals surface area contributed by atoms with Gasteiger partial charge in [0.2, 0.25) is 10.0 Å². The van der Waals surface area contributed by atoms with Gasteiger partial charge in [-0.3, -0.25) is 4.79 Å². The van der Waals surface area contributed by atoms with E-state index in [9.17, 15) is 13.2 Å². The van der Waals surface area contributed by atoms with Crippen molar-refractivity contribution in [3.63, 3.8) is 0 Å².